The van der Waals surface area contributed by atoms with Gasteiger partial charge in [0.1, 0.15) is 12.1 Å². The summed E-state index contributed by atoms with van der Waals surface area (Å²) in [6.07, 6.45) is 1.26. The third-order valence-electron chi connectivity index (χ3n) is 3.16. The van der Waals surface area contributed by atoms with Crippen molar-refractivity contribution in [3.8, 4) is 17.8 Å². The van der Waals surface area contributed by atoms with Crippen LogP contribution in [0.15, 0.2) is 22.8 Å². The van der Waals surface area contributed by atoms with Crippen LogP contribution in [-0.2, 0) is 4.74 Å². The lowest BCUT2D eigenvalue weighted by Crippen LogP contribution is -2.12. The Morgan fingerprint density at radius 1 is 1.38 bits per heavy atom. The number of non-ortho nitro benzene ring substituents is 1. The van der Waals surface area contributed by atoms with Gasteiger partial charge in [-0.15, -0.1) is 0 Å². The summed E-state index contributed by atoms with van der Waals surface area (Å²) >= 11 is 3.15. The maximum Gasteiger partial charge on any atom is 0.357 e. The van der Waals surface area contributed by atoms with Crippen molar-refractivity contribution < 1.29 is 14.5 Å². The Balaban J connectivity index is 2.88. The van der Waals surface area contributed by atoms with Crippen molar-refractivity contribution in [2.45, 2.75) is 0 Å². The predicted molar refractivity (Wildman–Crippen MR) is 85.3 cm³/mol. The Kier molecular flexibility index (Phi) is 4.53. The summed E-state index contributed by atoms with van der Waals surface area (Å²) < 4.78 is 6.04. The molecule has 9 nitrogen and oxygen atoms in total. The van der Waals surface area contributed by atoms with Crippen LogP contribution in [0.25, 0.3) is 5.69 Å². The second kappa shape index (κ2) is 6.40. The molecule has 0 amide bonds. The van der Waals surface area contributed by atoms with Crippen molar-refractivity contribution in [3.63, 3.8) is 0 Å². The zero-order valence-electron chi connectivity index (χ0n) is 12.1. The van der Waals surface area contributed by atoms with Crippen molar-refractivity contribution in [2.24, 2.45) is 0 Å². The number of hydrogen-bond acceptors (Lipinski definition) is 7. The number of nitrogens with zero attached hydrogens (tertiary/aromatic N) is 4. The highest BCUT2D eigenvalue weighted by molar-refractivity contribution is 9.10. The molecule has 1 heterocycles. The largest absolute Gasteiger partial charge is 0.464 e. The molecule has 0 aliphatic carbocycles. The molecule has 0 aliphatic rings. The molecule has 2 rings (SSSR count). The number of carbonyl (C=O) groups is 1. The summed E-state index contributed by atoms with van der Waals surface area (Å²) in [5.74, 6) is -0.817. The zero-order chi connectivity index (χ0) is 18.0. The highest BCUT2D eigenvalue weighted by Crippen LogP contribution is 2.34. The first-order chi connectivity index (χ1) is 11.3. The van der Waals surface area contributed by atoms with E-state index >= 15 is 0 Å². The van der Waals surface area contributed by atoms with Crippen LogP contribution < -0.4 is 5.73 Å². The maximum absolute atomic E-state index is 12.0. The molecule has 2 N–H and O–H groups in total. The molecule has 1 aromatic carbocycles. The molecule has 0 bridgehead atoms. The van der Waals surface area contributed by atoms with Gasteiger partial charge in [0.05, 0.1) is 34.5 Å². The van der Waals surface area contributed by atoms with Crippen LogP contribution in [0.5, 0.6) is 0 Å². The summed E-state index contributed by atoms with van der Waals surface area (Å²) in [5.41, 5.74) is 5.29. The second-order valence-corrected chi connectivity index (χ2v) is 5.33. The highest BCUT2D eigenvalue weighted by atomic mass is 79.9. The lowest BCUT2D eigenvalue weighted by molar-refractivity contribution is -0.384. The van der Waals surface area contributed by atoms with Crippen LogP contribution in [0.1, 0.15) is 21.6 Å². The van der Waals surface area contributed by atoms with E-state index < -0.39 is 10.9 Å². The van der Waals surface area contributed by atoms with Gasteiger partial charge < -0.3 is 15.0 Å². The minimum Gasteiger partial charge on any atom is -0.464 e. The van der Waals surface area contributed by atoms with Crippen LogP contribution >= 0.6 is 15.9 Å². The summed E-state index contributed by atoms with van der Waals surface area (Å²) in [6.45, 7) is 0. The van der Waals surface area contributed by atoms with Gasteiger partial charge in [-0.25, -0.2) is 4.79 Å². The van der Waals surface area contributed by atoms with Gasteiger partial charge in [-0.2, -0.15) is 10.5 Å². The number of nitro groups is 1. The number of hydrogen-bond donors (Lipinski definition) is 1. The number of halogens is 1. The predicted octanol–water partition coefficient (Wildman–Crippen LogP) is 2.26. The van der Waals surface area contributed by atoms with E-state index in [0.717, 1.165) is 13.2 Å². The number of methoxy groups -OCH3 is 1. The minimum absolute atomic E-state index is 0.00421. The summed E-state index contributed by atoms with van der Waals surface area (Å²) in [6, 6.07) is 5.90. The van der Waals surface area contributed by atoms with E-state index in [-0.39, 0.29) is 38.4 Å². The molecule has 24 heavy (non-hydrogen) atoms. The van der Waals surface area contributed by atoms with E-state index in [0.29, 0.717) is 0 Å². The van der Waals surface area contributed by atoms with E-state index in [1.54, 1.807) is 0 Å². The van der Waals surface area contributed by atoms with Crippen LogP contribution in [0.4, 0.5) is 11.4 Å². The molecule has 1 aromatic heterocycles. The molecular formula is C14H8BrN5O4. The van der Waals surface area contributed by atoms with E-state index in [1.165, 1.54) is 16.8 Å². The fraction of sp³-hybridized carbons (Fsp3) is 0.0714. The van der Waals surface area contributed by atoms with Gasteiger partial charge in [0.25, 0.3) is 5.69 Å². The Morgan fingerprint density at radius 2 is 2.00 bits per heavy atom. The topological polar surface area (TPSA) is 148 Å². The van der Waals surface area contributed by atoms with Gasteiger partial charge >= 0.3 is 5.97 Å². The molecular weight excluding hydrogens is 382 g/mol. The number of nitrogen functional groups attached to an aromatic ring is 1. The number of esters is 1. The fourth-order valence-corrected chi connectivity index (χ4v) is 2.75. The number of nitrogens with two attached hydrogens (primary N) is 1. The van der Waals surface area contributed by atoms with E-state index in [4.69, 9.17) is 11.0 Å². The number of aromatic nitrogens is 1. The average molecular weight is 390 g/mol. The van der Waals surface area contributed by atoms with Crippen molar-refractivity contribution in [1.82, 2.24) is 4.57 Å². The first kappa shape index (κ1) is 17.0. The van der Waals surface area contributed by atoms with Gasteiger partial charge in [-0.05, 0) is 15.9 Å². The molecule has 0 unspecified atom stereocenters. The van der Waals surface area contributed by atoms with Crippen molar-refractivity contribution in [2.75, 3.05) is 12.8 Å². The Hall–Kier alpha value is -3.37. The summed E-state index contributed by atoms with van der Waals surface area (Å²) in [4.78, 5) is 22.3. The Bertz CT molecular complexity index is 952. The number of nitriles is 2. The molecule has 0 spiro atoms. The monoisotopic (exact) mass is 389 g/mol. The van der Waals surface area contributed by atoms with Gasteiger partial charge in [0.15, 0.2) is 5.69 Å². The number of nitro benzene ring substituents is 1. The second-order valence-electron chi connectivity index (χ2n) is 4.47. The lowest BCUT2D eigenvalue weighted by Gasteiger charge is -2.12. The molecule has 10 heteroatoms. The molecule has 0 radical (unpaired) electrons. The van der Waals surface area contributed by atoms with Gasteiger partial charge in [0.2, 0.25) is 0 Å². The number of rotatable bonds is 3. The first-order valence-corrected chi connectivity index (χ1v) is 7.02. The number of ether oxygens (including phenoxy) is 1. The normalized spacial score (nSPS) is 9.83. The molecule has 0 aliphatic heterocycles. The average Bonchev–Trinajstić information content (AvgIpc) is 2.89. The maximum atomic E-state index is 12.0. The van der Waals surface area contributed by atoms with Gasteiger partial charge in [-0.1, -0.05) is 0 Å². The molecule has 0 saturated carbocycles. The fourth-order valence-electron chi connectivity index (χ4n) is 2.11. The molecule has 0 atom stereocenters. The molecule has 120 valence electrons. The quantitative estimate of drug-likeness (QED) is 0.480. The summed E-state index contributed by atoms with van der Waals surface area (Å²) in [5, 5.41) is 29.3. The highest BCUT2D eigenvalue weighted by Gasteiger charge is 2.25. The third kappa shape index (κ3) is 2.66. The van der Waals surface area contributed by atoms with Crippen LogP contribution in [0, 0.1) is 32.8 Å². The van der Waals surface area contributed by atoms with Crippen LogP contribution in [0.2, 0.25) is 0 Å². The van der Waals surface area contributed by atoms with Crippen molar-refractivity contribution in [1.29, 1.82) is 10.5 Å². The molecule has 0 fully saturated rings. The van der Waals surface area contributed by atoms with Gasteiger partial charge in [-0.3, -0.25) is 10.1 Å². The Morgan fingerprint density at radius 3 is 2.50 bits per heavy atom. The van der Waals surface area contributed by atoms with Crippen LogP contribution in [0.3, 0.4) is 0 Å². The van der Waals surface area contributed by atoms with E-state index in [2.05, 4.69) is 20.7 Å². The zero-order valence-corrected chi connectivity index (χ0v) is 13.7. The van der Waals surface area contributed by atoms with Crippen LogP contribution in [-0.4, -0.2) is 22.6 Å². The van der Waals surface area contributed by atoms with Crippen molar-refractivity contribution in [3.05, 3.63) is 49.7 Å². The summed E-state index contributed by atoms with van der Waals surface area (Å²) in [7, 11) is 1.14. The number of anilines is 1. The third-order valence-corrected chi connectivity index (χ3v) is 3.77. The standard InChI is InChI=1S/C14H8BrN5O4/c1-24-14(21)13-11(18)8(5-17)6-19(13)12-7(4-16)2-9(20(22)23)3-10(12)15/h2-3,6H,18H2,1H3. The van der Waals surface area contributed by atoms with Gasteiger partial charge in [0, 0.05) is 22.8 Å². The number of carbonyl (C=O) groups excluding carboxylic acids is 1. The van der Waals surface area contributed by atoms with Crippen molar-refractivity contribution >= 4 is 33.3 Å². The lowest BCUT2D eigenvalue weighted by atomic mass is 10.1. The first-order valence-electron chi connectivity index (χ1n) is 6.23. The number of benzene rings is 1. The van der Waals surface area contributed by atoms with E-state index in [1.807, 2.05) is 12.1 Å². The SMILES string of the molecule is COC(=O)c1c(N)c(C#N)cn1-c1c(Br)cc([N+](=O)[O-])cc1C#N. The minimum atomic E-state index is -0.817. The van der Waals surface area contributed by atoms with E-state index in [9.17, 15) is 20.2 Å². The molecule has 2 aromatic rings. The smallest absolute Gasteiger partial charge is 0.357 e. The Labute approximate surface area is 143 Å². The molecule has 0 saturated heterocycles.